The molecular weight excluding hydrogens is 274 g/mol. The Morgan fingerprint density at radius 3 is 2.26 bits per heavy atom. The highest BCUT2D eigenvalue weighted by Crippen LogP contribution is 2.26. The lowest BCUT2D eigenvalue weighted by molar-refractivity contribution is -0.394. The second-order valence-corrected chi connectivity index (χ2v) is 4.42. The van der Waals surface area contributed by atoms with Gasteiger partial charge in [0.2, 0.25) is 0 Å². The third-order valence-electron chi connectivity index (χ3n) is 2.15. The number of aromatic amines is 1. The van der Waals surface area contributed by atoms with Gasteiger partial charge in [-0.25, -0.2) is 4.98 Å². The number of nitro benzene ring substituents is 2. The molecular formula is C9H7N5O4S. The highest BCUT2D eigenvalue weighted by Gasteiger charge is 2.16. The number of nitrogens with one attached hydrogen (secondary N) is 1. The van der Waals surface area contributed by atoms with E-state index in [1.165, 1.54) is 30.2 Å². The summed E-state index contributed by atoms with van der Waals surface area (Å²) in [6.07, 6.45) is 1.33. The van der Waals surface area contributed by atoms with Gasteiger partial charge in [0, 0.05) is 17.9 Å². The van der Waals surface area contributed by atoms with Crippen LogP contribution in [0.4, 0.5) is 11.4 Å². The lowest BCUT2D eigenvalue weighted by atomic mass is 10.2. The zero-order chi connectivity index (χ0) is 13.8. The molecule has 1 heterocycles. The van der Waals surface area contributed by atoms with Crippen LogP contribution in [0.2, 0.25) is 0 Å². The summed E-state index contributed by atoms with van der Waals surface area (Å²) < 4.78 is 0. The number of hydrogen-bond acceptors (Lipinski definition) is 7. The fraction of sp³-hybridized carbons (Fsp3) is 0.111. The number of H-pyrrole nitrogens is 1. The Morgan fingerprint density at radius 2 is 1.79 bits per heavy atom. The first-order valence-corrected chi connectivity index (χ1v) is 5.96. The Hall–Kier alpha value is -2.49. The average molecular weight is 281 g/mol. The fourth-order valence-corrected chi connectivity index (χ4v) is 2.08. The van der Waals surface area contributed by atoms with Gasteiger partial charge in [0.25, 0.3) is 11.4 Å². The zero-order valence-electron chi connectivity index (χ0n) is 9.35. The molecule has 1 aromatic heterocycles. The van der Waals surface area contributed by atoms with Crippen LogP contribution in [-0.2, 0) is 5.75 Å². The average Bonchev–Trinajstić information content (AvgIpc) is 2.89. The van der Waals surface area contributed by atoms with Crippen molar-refractivity contribution >= 4 is 23.1 Å². The minimum absolute atomic E-state index is 0.303. The van der Waals surface area contributed by atoms with Crippen LogP contribution >= 0.6 is 11.8 Å². The van der Waals surface area contributed by atoms with Crippen molar-refractivity contribution in [3.8, 4) is 0 Å². The smallest absolute Gasteiger partial charge is 0.258 e. The molecule has 0 aliphatic heterocycles. The third kappa shape index (κ3) is 3.25. The van der Waals surface area contributed by atoms with Gasteiger partial charge >= 0.3 is 0 Å². The number of nitrogens with zero attached hydrogens (tertiary/aromatic N) is 4. The summed E-state index contributed by atoms with van der Waals surface area (Å²) in [5, 5.41) is 28.2. The Labute approximate surface area is 110 Å². The maximum atomic E-state index is 10.7. The van der Waals surface area contributed by atoms with Gasteiger partial charge in [-0.3, -0.25) is 25.3 Å². The normalized spacial score (nSPS) is 10.3. The SMILES string of the molecule is O=[N+]([O-])c1cc(CSc2ncn[nH]2)cc([N+](=O)[O-])c1. The number of hydrogen-bond donors (Lipinski definition) is 1. The summed E-state index contributed by atoms with van der Waals surface area (Å²) in [5.41, 5.74) is -0.132. The molecule has 2 aromatic rings. The first-order chi connectivity index (χ1) is 9.06. The van der Waals surface area contributed by atoms with Crippen LogP contribution < -0.4 is 0 Å². The molecule has 1 aromatic carbocycles. The number of aromatic nitrogens is 3. The first-order valence-electron chi connectivity index (χ1n) is 4.97. The maximum absolute atomic E-state index is 10.7. The quantitative estimate of drug-likeness (QED) is 0.503. The van der Waals surface area contributed by atoms with E-state index in [0.717, 1.165) is 6.07 Å². The van der Waals surface area contributed by atoms with Crippen molar-refractivity contribution in [2.75, 3.05) is 0 Å². The first kappa shape index (κ1) is 13.0. The monoisotopic (exact) mass is 281 g/mol. The molecule has 0 aliphatic rings. The van der Waals surface area contributed by atoms with Gasteiger partial charge in [-0.15, -0.1) is 0 Å². The predicted molar refractivity (Wildman–Crippen MR) is 65.7 cm³/mol. The van der Waals surface area contributed by atoms with Crippen molar-refractivity contribution in [2.45, 2.75) is 10.9 Å². The second-order valence-electron chi connectivity index (χ2n) is 3.45. The standard InChI is InChI=1S/C9H7N5O4S/c15-13(16)7-1-6(2-8(3-7)14(17)18)4-19-9-10-5-11-12-9/h1-3,5H,4H2,(H,10,11,12). The van der Waals surface area contributed by atoms with Crippen LogP contribution in [-0.4, -0.2) is 25.0 Å². The van der Waals surface area contributed by atoms with E-state index in [-0.39, 0.29) is 11.4 Å². The van der Waals surface area contributed by atoms with E-state index in [1.54, 1.807) is 0 Å². The van der Waals surface area contributed by atoms with Crippen LogP contribution in [0.1, 0.15) is 5.56 Å². The molecule has 0 amide bonds. The van der Waals surface area contributed by atoms with Gasteiger partial charge in [0.05, 0.1) is 15.9 Å². The van der Waals surface area contributed by atoms with Gasteiger partial charge in [-0.2, -0.15) is 5.10 Å². The molecule has 1 N–H and O–H groups in total. The number of benzene rings is 1. The number of non-ortho nitro benzene ring substituents is 2. The minimum atomic E-state index is -0.657. The van der Waals surface area contributed by atoms with Gasteiger partial charge < -0.3 is 0 Å². The van der Waals surface area contributed by atoms with Crippen LogP contribution in [0.5, 0.6) is 0 Å². The van der Waals surface area contributed by atoms with E-state index in [2.05, 4.69) is 15.2 Å². The molecule has 0 spiro atoms. The Morgan fingerprint density at radius 1 is 1.16 bits per heavy atom. The molecule has 98 valence electrons. The van der Waals surface area contributed by atoms with E-state index in [9.17, 15) is 20.2 Å². The fourth-order valence-electron chi connectivity index (χ4n) is 1.37. The van der Waals surface area contributed by atoms with E-state index in [0.29, 0.717) is 16.5 Å². The van der Waals surface area contributed by atoms with Crippen molar-refractivity contribution in [3.05, 3.63) is 50.3 Å². The summed E-state index contributed by atoms with van der Waals surface area (Å²) in [5.74, 6) is 0.317. The van der Waals surface area contributed by atoms with Crippen molar-refractivity contribution in [2.24, 2.45) is 0 Å². The molecule has 2 rings (SSSR count). The Balaban J connectivity index is 2.23. The number of thioether (sulfide) groups is 1. The summed E-state index contributed by atoms with van der Waals surface area (Å²) >= 11 is 1.25. The zero-order valence-corrected chi connectivity index (χ0v) is 10.2. The van der Waals surface area contributed by atoms with Crippen molar-refractivity contribution in [1.29, 1.82) is 0 Å². The van der Waals surface area contributed by atoms with Crippen LogP contribution in [0.25, 0.3) is 0 Å². The van der Waals surface area contributed by atoms with E-state index in [1.807, 2.05) is 0 Å². The number of rotatable bonds is 5. The minimum Gasteiger partial charge on any atom is -0.258 e. The molecule has 0 fully saturated rings. The van der Waals surface area contributed by atoms with Gasteiger partial charge in [-0.1, -0.05) is 11.8 Å². The van der Waals surface area contributed by atoms with E-state index < -0.39 is 9.85 Å². The molecule has 0 aliphatic carbocycles. The molecule has 0 bridgehead atoms. The van der Waals surface area contributed by atoms with Crippen molar-refractivity contribution in [3.63, 3.8) is 0 Å². The summed E-state index contributed by atoms with van der Waals surface area (Å²) in [4.78, 5) is 24.0. The van der Waals surface area contributed by atoms with E-state index in [4.69, 9.17) is 0 Å². The number of nitro groups is 2. The largest absolute Gasteiger partial charge is 0.276 e. The highest BCUT2D eigenvalue weighted by molar-refractivity contribution is 7.98. The summed E-state index contributed by atoms with van der Waals surface area (Å²) in [7, 11) is 0. The molecule has 19 heavy (non-hydrogen) atoms. The van der Waals surface area contributed by atoms with Gasteiger partial charge in [0.1, 0.15) is 6.33 Å². The molecule has 0 saturated heterocycles. The predicted octanol–water partition coefficient (Wildman–Crippen LogP) is 1.91. The Kier molecular flexibility index (Phi) is 3.71. The Bertz CT molecular complexity index is 583. The van der Waals surface area contributed by atoms with Crippen LogP contribution in [0, 0.1) is 20.2 Å². The second kappa shape index (κ2) is 5.44. The maximum Gasteiger partial charge on any atom is 0.276 e. The topological polar surface area (TPSA) is 128 Å². The lowest BCUT2D eigenvalue weighted by Gasteiger charge is -2.00. The molecule has 0 saturated carbocycles. The molecule has 0 unspecified atom stereocenters. The summed E-state index contributed by atoms with van der Waals surface area (Å²) in [6.45, 7) is 0. The lowest BCUT2D eigenvalue weighted by Crippen LogP contribution is -1.95. The van der Waals surface area contributed by atoms with Gasteiger partial charge in [-0.05, 0) is 5.56 Å². The molecule has 0 radical (unpaired) electrons. The van der Waals surface area contributed by atoms with Crippen molar-refractivity contribution < 1.29 is 9.85 Å². The van der Waals surface area contributed by atoms with E-state index >= 15 is 0 Å². The van der Waals surface area contributed by atoms with Gasteiger partial charge in [0.15, 0.2) is 5.16 Å². The van der Waals surface area contributed by atoms with Crippen LogP contribution in [0.3, 0.4) is 0 Å². The molecule has 0 atom stereocenters. The molecule has 10 heteroatoms. The third-order valence-corrected chi connectivity index (χ3v) is 3.10. The molecule has 9 nitrogen and oxygen atoms in total. The summed E-state index contributed by atoms with van der Waals surface area (Å²) in [6, 6.07) is 3.54. The highest BCUT2D eigenvalue weighted by atomic mass is 32.2. The van der Waals surface area contributed by atoms with Crippen molar-refractivity contribution in [1.82, 2.24) is 15.2 Å². The van der Waals surface area contributed by atoms with Crippen LogP contribution in [0.15, 0.2) is 29.7 Å².